The van der Waals surface area contributed by atoms with Crippen LogP contribution in [0.4, 0.5) is 0 Å². The zero-order valence-corrected chi connectivity index (χ0v) is 17.0. The Morgan fingerprint density at radius 3 is 2.42 bits per heavy atom. The van der Waals surface area contributed by atoms with Gasteiger partial charge in [-0.15, -0.1) is 0 Å². The summed E-state index contributed by atoms with van der Waals surface area (Å²) in [5.74, 6) is 2.80. The fourth-order valence-electron chi connectivity index (χ4n) is 5.36. The van der Waals surface area contributed by atoms with Gasteiger partial charge in [-0.05, 0) is 43.4 Å². The molecule has 2 fully saturated rings. The summed E-state index contributed by atoms with van der Waals surface area (Å²) in [4.78, 5) is 20.2. The van der Waals surface area contributed by atoms with E-state index in [0.29, 0.717) is 17.8 Å². The molecule has 0 aromatic carbocycles. The van der Waals surface area contributed by atoms with Crippen LogP contribution in [0.2, 0.25) is 0 Å². The fourth-order valence-corrected chi connectivity index (χ4v) is 5.36. The lowest BCUT2D eigenvalue weighted by atomic mass is 9.77. The van der Waals surface area contributed by atoms with Gasteiger partial charge in [-0.1, -0.05) is 71.6 Å². The number of guanidine groups is 1. The number of hydrogen-bond donors (Lipinski definition) is 1. The van der Waals surface area contributed by atoms with E-state index >= 15 is 0 Å². The summed E-state index contributed by atoms with van der Waals surface area (Å²) in [5, 5.41) is 0. The molecule has 0 spiro atoms. The SMILES string of the molecule is CCCCC1(CC2CCCCC2)N=C(N)N(CC2CCC(C)CC2)C1=O. The smallest absolute Gasteiger partial charge is 0.257 e. The first-order chi connectivity index (χ1) is 12.5. The molecule has 1 amide bonds. The monoisotopic (exact) mass is 361 g/mol. The topological polar surface area (TPSA) is 58.7 Å². The highest BCUT2D eigenvalue weighted by atomic mass is 16.2. The molecule has 1 atom stereocenters. The van der Waals surface area contributed by atoms with Crippen LogP contribution in [-0.2, 0) is 4.79 Å². The molecule has 1 aliphatic heterocycles. The maximum Gasteiger partial charge on any atom is 0.257 e. The van der Waals surface area contributed by atoms with Gasteiger partial charge in [0.1, 0.15) is 5.54 Å². The van der Waals surface area contributed by atoms with Gasteiger partial charge < -0.3 is 5.73 Å². The molecule has 0 aromatic heterocycles. The first-order valence-corrected chi connectivity index (χ1v) is 11.2. The van der Waals surface area contributed by atoms with Crippen molar-refractivity contribution in [2.24, 2.45) is 28.5 Å². The molecule has 2 saturated carbocycles. The highest BCUT2D eigenvalue weighted by Gasteiger charge is 2.48. The van der Waals surface area contributed by atoms with Gasteiger partial charge in [-0.2, -0.15) is 0 Å². The largest absolute Gasteiger partial charge is 0.369 e. The summed E-state index contributed by atoms with van der Waals surface area (Å²) in [6.45, 7) is 5.33. The first kappa shape index (κ1) is 19.7. The second-order valence-electron chi connectivity index (χ2n) is 9.35. The fraction of sp³-hybridized carbons (Fsp3) is 0.909. The summed E-state index contributed by atoms with van der Waals surface area (Å²) in [7, 11) is 0. The Morgan fingerprint density at radius 2 is 1.77 bits per heavy atom. The van der Waals surface area contributed by atoms with E-state index in [9.17, 15) is 4.79 Å². The molecule has 4 nitrogen and oxygen atoms in total. The lowest BCUT2D eigenvalue weighted by Gasteiger charge is -2.33. The molecule has 148 valence electrons. The molecular weight excluding hydrogens is 322 g/mol. The van der Waals surface area contributed by atoms with Crippen molar-refractivity contribution in [2.45, 2.75) is 103 Å². The molecule has 3 aliphatic rings. The Bertz CT molecular complexity index is 504. The molecule has 0 saturated heterocycles. The minimum absolute atomic E-state index is 0.215. The number of carbonyl (C=O) groups excluding carboxylic acids is 1. The van der Waals surface area contributed by atoms with Crippen LogP contribution in [-0.4, -0.2) is 28.9 Å². The Labute approximate surface area is 160 Å². The van der Waals surface area contributed by atoms with E-state index in [1.165, 1.54) is 57.8 Å². The minimum atomic E-state index is -0.552. The van der Waals surface area contributed by atoms with Crippen LogP contribution in [0.25, 0.3) is 0 Å². The van der Waals surface area contributed by atoms with Crippen LogP contribution in [0, 0.1) is 17.8 Å². The Hall–Kier alpha value is -1.06. The number of nitrogens with two attached hydrogens (primary N) is 1. The number of carbonyl (C=O) groups is 1. The summed E-state index contributed by atoms with van der Waals surface area (Å²) in [5.41, 5.74) is 5.77. The standard InChI is InChI=1S/C22H39N3O/c1-3-4-14-22(15-18-8-6-5-7-9-18)20(26)25(21(23)24-22)16-19-12-10-17(2)11-13-19/h17-19H,3-16H2,1-2H3,(H2,23,24). The maximum absolute atomic E-state index is 13.5. The third-order valence-corrected chi connectivity index (χ3v) is 7.12. The van der Waals surface area contributed by atoms with Gasteiger partial charge >= 0.3 is 0 Å². The number of nitrogens with zero attached hydrogens (tertiary/aromatic N) is 2. The van der Waals surface area contributed by atoms with Crippen molar-refractivity contribution in [3.63, 3.8) is 0 Å². The van der Waals surface area contributed by atoms with Crippen LogP contribution < -0.4 is 5.73 Å². The van der Waals surface area contributed by atoms with Gasteiger partial charge in [0.2, 0.25) is 0 Å². The Morgan fingerprint density at radius 1 is 1.08 bits per heavy atom. The zero-order valence-electron chi connectivity index (χ0n) is 17.0. The number of rotatable bonds is 7. The molecule has 1 unspecified atom stereocenters. The molecule has 0 bridgehead atoms. The van der Waals surface area contributed by atoms with Crippen LogP contribution in [0.5, 0.6) is 0 Å². The summed E-state index contributed by atoms with van der Waals surface area (Å²) in [6, 6.07) is 0. The van der Waals surface area contributed by atoms with E-state index in [-0.39, 0.29) is 5.91 Å². The molecule has 0 aromatic rings. The molecule has 2 aliphatic carbocycles. The molecule has 1 heterocycles. The molecule has 0 radical (unpaired) electrons. The minimum Gasteiger partial charge on any atom is -0.369 e. The highest BCUT2D eigenvalue weighted by Crippen LogP contribution is 2.39. The lowest BCUT2D eigenvalue weighted by Crippen LogP contribution is -2.47. The normalized spacial score (nSPS) is 33.5. The van der Waals surface area contributed by atoms with Crippen LogP contribution in [0.3, 0.4) is 0 Å². The van der Waals surface area contributed by atoms with Crippen LogP contribution in [0.15, 0.2) is 4.99 Å². The molecule has 2 N–H and O–H groups in total. The first-order valence-electron chi connectivity index (χ1n) is 11.2. The third kappa shape index (κ3) is 4.43. The number of aliphatic imine (C=N–C) groups is 1. The van der Waals surface area contributed by atoms with Crippen molar-refractivity contribution in [2.75, 3.05) is 6.54 Å². The quantitative estimate of drug-likeness (QED) is 0.703. The number of hydrogen-bond acceptors (Lipinski definition) is 3. The lowest BCUT2D eigenvalue weighted by molar-refractivity contribution is -0.132. The van der Waals surface area contributed by atoms with Gasteiger partial charge in [0, 0.05) is 6.54 Å². The van der Waals surface area contributed by atoms with Crippen molar-refractivity contribution in [3.05, 3.63) is 0 Å². The Balaban J connectivity index is 1.69. The summed E-state index contributed by atoms with van der Waals surface area (Å²) in [6.07, 6.45) is 15.5. The van der Waals surface area contributed by atoms with Crippen molar-refractivity contribution in [1.82, 2.24) is 4.90 Å². The number of unbranched alkanes of at least 4 members (excludes halogenated alkanes) is 1. The number of amides is 1. The van der Waals surface area contributed by atoms with E-state index in [4.69, 9.17) is 10.7 Å². The molecule has 3 rings (SSSR count). The molecular formula is C22H39N3O. The summed E-state index contributed by atoms with van der Waals surface area (Å²) < 4.78 is 0. The van der Waals surface area contributed by atoms with E-state index in [1.54, 1.807) is 0 Å². The van der Waals surface area contributed by atoms with Crippen LogP contribution in [0.1, 0.15) is 97.3 Å². The van der Waals surface area contributed by atoms with Gasteiger partial charge in [0.05, 0.1) is 0 Å². The average Bonchev–Trinajstić information content (AvgIpc) is 2.87. The van der Waals surface area contributed by atoms with Crippen molar-refractivity contribution >= 4 is 11.9 Å². The maximum atomic E-state index is 13.5. The van der Waals surface area contributed by atoms with E-state index in [0.717, 1.165) is 38.1 Å². The van der Waals surface area contributed by atoms with Gasteiger partial charge in [0.15, 0.2) is 5.96 Å². The van der Waals surface area contributed by atoms with Gasteiger partial charge in [0.25, 0.3) is 5.91 Å². The van der Waals surface area contributed by atoms with Gasteiger partial charge in [-0.3, -0.25) is 9.69 Å². The van der Waals surface area contributed by atoms with Crippen molar-refractivity contribution < 1.29 is 4.79 Å². The Kier molecular flexibility index (Phi) is 6.63. The van der Waals surface area contributed by atoms with E-state index in [2.05, 4.69) is 13.8 Å². The summed E-state index contributed by atoms with van der Waals surface area (Å²) >= 11 is 0. The second-order valence-corrected chi connectivity index (χ2v) is 9.35. The average molecular weight is 362 g/mol. The third-order valence-electron chi connectivity index (χ3n) is 7.12. The molecule has 26 heavy (non-hydrogen) atoms. The van der Waals surface area contributed by atoms with Crippen molar-refractivity contribution in [3.8, 4) is 0 Å². The van der Waals surface area contributed by atoms with E-state index < -0.39 is 5.54 Å². The highest BCUT2D eigenvalue weighted by molar-refractivity contribution is 6.06. The predicted octanol–water partition coefficient (Wildman–Crippen LogP) is 4.87. The van der Waals surface area contributed by atoms with Crippen LogP contribution >= 0.6 is 0 Å². The van der Waals surface area contributed by atoms with Gasteiger partial charge in [-0.25, -0.2) is 4.99 Å². The zero-order chi connectivity index (χ0) is 18.6. The van der Waals surface area contributed by atoms with Crippen molar-refractivity contribution in [1.29, 1.82) is 0 Å². The molecule has 4 heteroatoms. The van der Waals surface area contributed by atoms with E-state index in [1.807, 2.05) is 4.90 Å². The predicted molar refractivity (Wildman–Crippen MR) is 108 cm³/mol. The second kappa shape index (κ2) is 8.75.